The zero-order valence-electron chi connectivity index (χ0n) is 15.1. The summed E-state index contributed by atoms with van der Waals surface area (Å²) in [6.07, 6.45) is -4.46. The molecule has 1 amide bonds. The molecule has 0 spiro atoms. The van der Waals surface area contributed by atoms with E-state index in [-0.39, 0.29) is 27.8 Å². The minimum atomic E-state index is -4.46. The van der Waals surface area contributed by atoms with E-state index < -0.39 is 27.7 Å². The highest BCUT2D eigenvalue weighted by molar-refractivity contribution is 7.89. The lowest BCUT2D eigenvalue weighted by atomic mass is 10.0. The highest BCUT2D eigenvalue weighted by Crippen LogP contribution is 2.58. The first-order valence-electron chi connectivity index (χ1n) is 8.42. The molecule has 150 valence electrons. The number of carbonyl (C=O) groups excluding carboxylic acids is 1. The third kappa shape index (κ3) is 3.90. The number of hydrogen-bond donors (Lipinski definition) is 2. The van der Waals surface area contributed by atoms with E-state index in [1.165, 1.54) is 12.1 Å². The van der Waals surface area contributed by atoms with Gasteiger partial charge in [-0.1, -0.05) is 26.0 Å². The van der Waals surface area contributed by atoms with Crippen molar-refractivity contribution in [3.05, 3.63) is 65.2 Å². The smallest absolute Gasteiger partial charge is 0.348 e. The number of nitrogens with two attached hydrogens (primary N) is 1. The molecule has 0 aromatic heterocycles. The lowest BCUT2D eigenvalue weighted by Gasteiger charge is -2.09. The Hall–Kier alpha value is -2.39. The van der Waals surface area contributed by atoms with Gasteiger partial charge in [0.15, 0.2) is 0 Å². The SMILES string of the molecule is CC1(C)C(NC(=O)c2ccc(C(F)(F)F)cc2)C1c1ccc(S(N)(=O)=O)cc1. The number of rotatable bonds is 4. The van der Waals surface area contributed by atoms with Crippen molar-refractivity contribution in [1.82, 2.24) is 5.32 Å². The van der Waals surface area contributed by atoms with Crippen LogP contribution < -0.4 is 10.5 Å². The lowest BCUT2D eigenvalue weighted by molar-refractivity contribution is -0.137. The summed E-state index contributed by atoms with van der Waals surface area (Å²) in [6.45, 7) is 3.89. The zero-order chi connectivity index (χ0) is 20.9. The lowest BCUT2D eigenvalue weighted by Crippen LogP contribution is -2.28. The fraction of sp³-hybridized carbons (Fsp3) is 0.316. The van der Waals surface area contributed by atoms with Gasteiger partial charge in [0.1, 0.15) is 0 Å². The molecule has 2 aromatic rings. The van der Waals surface area contributed by atoms with Crippen LogP contribution in [0.4, 0.5) is 13.2 Å². The van der Waals surface area contributed by atoms with E-state index in [0.29, 0.717) is 0 Å². The Morgan fingerprint density at radius 1 is 1.04 bits per heavy atom. The molecule has 1 saturated carbocycles. The van der Waals surface area contributed by atoms with E-state index in [2.05, 4.69) is 5.32 Å². The molecule has 0 bridgehead atoms. The van der Waals surface area contributed by atoms with Gasteiger partial charge < -0.3 is 5.32 Å². The number of amides is 1. The van der Waals surface area contributed by atoms with E-state index in [0.717, 1.165) is 29.8 Å². The summed E-state index contributed by atoms with van der Waals surface area (Å²) in [5.74, 6) is -0.518. The quantitative estimate of drug-likeness (QED) is 0.808. The van der Waals surface area contributed by atoms with E-state index in [4.69, 9.17) is 5.14 Å². The van der Waals surface area contributed by atoms with Crippen LogP contribution in [-0.4, -0.2) is 20.4 Å². The average Bonchev–Trinajstić information content (AvgIpc) is 3.13. The van der Waals surface area contributed by atoms with Gasteiger partial charge in [0.25, 0.3) is 5.91 Å². The maximum atomic E-state index is 12.6. The molecule has 9 heteroatoms. The zero-order valence-corrected chi connectivity index (χ0v) is 15.9. The van der Waals surface area contributed by atoms with Gasteiger partial charge in [0.2, 0.25) is 10.0 Å². The Bertz CT molecular complexity index is 998. The fourth-order valence-corrected chi connectivity index (χ4v) is 3.94. The second-order valence-electron chi connectivity index (χ2n) is 7.44. The third-order valence-electron chi connectivity index (χ3n) is 5.16. The normalized spacial score (nSPS) is 21.2. The Morgan fingerprint density at radius 2 is 1.57 bits per heavy atom. The first-order valence-corrected chi connectivity index (χ1v) is 9.97. The van der Waals surface area contributed by atoms with Crippen LogP contribution in [0.15, 0.2) is 53.4 Å². The minimum Gasteiger partial charge on any atom is -0.348 e. The van der Waals surface area contributed by atoms with Crippen molar-refractivity contribution in [3.63, 3.8) is 0 Å². The molecule has 2 aromatic carbocycles. The summed E-state index contributed by atoms with van der Waals surface area (Å²) in [5.41, 5.74) is -0.122. The van der Waals surface area contributed by atoms with E-state index in [9.17, 15) is 26.4 Å². The summed E-state index contributed by atoms with van der Waals surface area (Å²) in [5, 5.41) is 7.94. The maximum Gasteiger partial charge on any atom is 0.416 e. The molecule has 1 fully saturated rings. The van der Waals surface area contributed by atoms with Crippen LogP contribution in [0, 0.1) is 5.41 Å². The van der Waals surface area contributed by atoms with Crippen molar-refractivity contribution in [2.45, 2.75) is 36.9 Å². The number of nitrogens with one attached hydrogen (secondary N) is 1. The summed E-state index contributed by atoms with van der Waals surface area (Å²) in [4.78, 5) is 12.4. The second-order valence-corrected chi connectivity index (χ2v) is 9.00. The van der Waals surface area contributed by atoms with Crippen molar-refractivity contribution >= 4 is 15.9 Å². The summed E-state index contributed by atoms with van der Waals surface area (Å²) < 4.78 is 60.6. The van der Waals surface area contributed by atoms with Crippen molar-refractivity contribution in [2.75, 3.05) is 0 Å². The van der Waals surface area contributed by atoms with E-state index in [1.807, 2.05) is 13.8 Å². The Labute approximate surface area is 160 Å². The maximum absolute atomic E-state index is 12.6. The molecule has 0 saturated heterocycles. The summed E-state index contributed by atoms with van der Waals surface area (Å²) >= 11 is 0. The van der Waals surface area contributed by atoms with Gasteiger partial charge in [-0.15, -0.1) is 0 Å². The number of benzene rings is 2. The summed E-state index contributed by atoms with van der Waals surface area (Å²) in [6, 6.07) is 9.91. The number of hydrogen-bond acceptors (Lipinski definition) is 3. The van der Waals surface area contributed by atoms with Gasteiger partial charge in [-0.3, -0.25) is 4.79 Å². The van der Waals surface area contributed by atoms with Gasteiger partial charge in [-0.2, -0.15) is 13.2 Å². The number of halogens is 3. The standard InChI is InChI=1S/C19H19F3N2O3S/c1-18(2)15(11-5-9-14(10-6-11)28(23,26)27)16(18)24-17(25)12-3-7-13(8-4-12)19(20,21)22/h3-10,15-16H,1-2H3,(H,24,25)(H2,23,26,27). The predicted molar refractivity (Wildman–Crippen MR) is 97.0 cm³/mol. The van der Waals surface area contributed by atoms with Crippen LogP contribution in [0.1, 0.15) is 41.3 Å². The Morgan fingerprint density at radius 3 is 2.04 bits per heavy atom. The molecule has 0 aliphatic heterocycles. The van der Waals surface area contributed by atoms with Gasteiger partial charge in [-0.25, -0.2) is 13.6 Å². The number of alkyl halides is 3. The van der Waals surface area contributed by atoms with Crippen LogP contribution in [0.25, 0.3) is 0 Å². The van der Waals surface area contributed by atoms with Crippen molar-refractivity contribution < 1.29 is 26.4 Å². The highest BCUT2D eigenvalue weighted by atomic mass is 32.2. The molecule has 0 heterocycles. The predicted octanol–water partition coefficient (Wildman–Crippen LogP) is 3.27. The van der Waals surface area contributed by atoms with Gasteiger partial charge >= 0.3 is 6.18 Å². The monoisotopic (exact) mass is 412 g/mol. The van der Waals surface area contributed by atoms with Crippen LogP contribution in [0.2, 0.25) is 0 Å². The van der Waals surface area contributed by atoms with E-state index in [1.54, 1.807) is 12.1 Å². The number of primary sulfonamides is 1. The molecule has 5 nitrogen and oxygen atoms in total. The van der Waals surface area contributed by atoms with Crippen LogP contribution >= 0.6 is 0 Å². The number of carbonyl (C=O) groups is 1. The summed E-state index contributed by atoms with van der Waals surface area (Å²) in [7, 11) is -3.79. The van der Waals surface area contributed by atoms with Crippen molar-refractivity contribution in [1.29, 1.82) is 0 Å². The number of sulfonamides is 1. The molecule has 2 atom stereocenters. The van der Waals surface area contributed by atoms with Crippen molar-refractivity contribution in [2.24, 2.45) is 10.6 Å². The van der Waals surface area contributed by atoms with Crippen LogP contribution in [0.5, 0.6) is 0 Å². The molecule has 3 rings (SSSR count). The Balaban J connectivity index is 1.73. The van der Waals surface area contributed by atoms with Gasteiger partial charge in [0.05, 0.1) is 10.5 Å². The van der Waals surface area contributed by atoms with Crippen molar-refractivity contribution in [3.8, 4) is 0 Å². The molecule has 1 aliphatic rings. The molecule has 0 radical (unpaired) electrons. The first-order chi connectivity index (χ1) is 12.8. The van der Waals surface area contributed by atoms with Gasteiger partial charge in [-0.05, 0) is 47.4 Å². The first kappa shape index (κ1) is 20.3. The molecular formula is C19H19F3N2O3S. The molecule has 2 unspecified atom stereocenters. The molecule has 3 N–H and O–H groups in total. The van der Waals surface area contributed by atoms with Crippen LogP contribution in [-0.2, 0) is 16.2 Å². The van der Waals surface area contributed by atoms with Gasteiger partial charge in [0, 0.05) is 17.5 Å². The largest absolute Gasteiger partial charge is 0.416 e. The highest BCUT2D eigenvalue weighted by Gasteiger charge is 2.59. The topological polar surface area (TPSA) is 89.3 Å². The molecular weight excluding hydrogens is 393 g/mol. The average molecular weight is 412 g/mol. The molecule has 1 aliphatic carbocycles. The fourth-order valence-electron chi connectivity index (χ4n) is 3.43. The second kappa shape index (κ2) is 6.59. The Kier molecular flexibility index (Phi) is 4.79. The molecule has 28 heavy (non-hydrogen) atoms. The van der Waals surface area contributed by atoms with E-state index >= 15 is 0 Å². The third-order valence-corrected chi connectivity index (χ3v) is 6.09. The minimum absolute atomic E-state index is 0.0000427. The van der Waals surface area contributed by atoms with Crippen LogP contribution in [0.3, 0.4) is 0 Å².